The maximum atomic E-state index is 5.51. The van der Waals surface area contributed by atoms with Gasteiger partial charge in [0.1, 0.15) is 15.8 Å². The largest absolute Gasteiger partial charge is 0.496 e. The zero-order valence-electron chi connectivity index (χ0n) is 26.1. The predicted molar refractivity (Wildman–Crippen MR) is 191 cm³/mol. The van der Waals surface area contributed by atoms with Crippen LogP contribution in [0.4, 0.5) is 0 Å². The van der Waals surface area contributed by atoms with Gasteiger partial charge in [0.25, 0.3) is 0 Å². The lowest BCUT2D eigenvalue weighted by Crippen LogP contribution is -2.45. The van der Waals surface area contributed by atoms with Crippen LogP contribution < -0.4 is 14.8 Å². The van der Waals surface area contributed by atoms with Gasteiger partial charge in [0, 0.05) is 37.7 Å². The van der Waals surface area contributed by atoms with E-state index in [0.29, 0.717) is 5.41 Å². The smallest absolute Gasteiger partial charge is 0.164 e. The number of methoxy groups -OCH3 is 2. The fourth-order valence-corrected chi connectivity index (χ4v) is 7.13. The van der Waals surface area contributed by atoms with Gasteiger partial charge in [-0.2, -0.15) is 0 Å². The summed E-state index contributed by atoms with van der Waals surface area (Å²) in [7, 11) is 3.43. The monoisotopic (exact) mass is 646 g/mol. The van der Waals surface area contributed by atoms with Crippen LogP contribution in [0.15, 0.2) is 58.5 Å². The van der Waals surface area contributed by atoms with Crippen molar-refractivity contribution in [3.05, 3.63) is 59.7 Å². The molecule has 42 heavy (non-hydrogen) atoms. The number of ether oxygens (including phenoxy) is 2. The van der Waals surface area contributed by atoms with E-state index in [9.17, 15) is 0 Å². The quantitative estimate of drug-likeness (QED) is 0.301. The molecule has 0 atom stereocenters. The standard InChI is InChI=1S/C17H24N2OS3.C15H22N2OS/c1-17(2)11-19(16(21)22-4)15(23-12-17)18-10-9-13-7-5-6-8-14(13)20-3;1-15(2)10-17-14(19-11-15)16-9-8-12-6-4-5-7-13(12)18-3/h5-8H,9-12H2,1-4H3;4-7H,8-11H2,1-3H3,(H,16,17). The van der Waals surface area contributed by atoms with Crippen LogP contribution in [-0.4, -0.2) is 77.7 Å². The molecular formula is C32H46N4O2S4. The minimum absolute atomic E-state index is 0.256. The number of amidine groups is 2. The Kier molecular flexibility index (Phi) is 13.9. The van der Waals surface area contributed by atoms with Gasteiger partial charge in [-0.25, -0.2) is 0 Å². The molecule has 2 aliphatic rings. The third-order valence-electron chi connectivity index (χ3n) is 6.74. The highest BCUT2D eigenvalue weighted by Gasteiger charge is 2.32. The molecule has 1 saturated heterocycles. The molecule has 0 aromatic heterocycles. The Bertz CT molecular complexity index is 1230. The number of nitrogens with one attached hydrogen (secondary N) is 1. The molecule has 2 aliphatic heterocycles. The Morgan fingerprint density at radius 3 is 2.12 bits per heavy atom. The molecule has 0 aliphatic carbocycles. The van der Waals surface area contributed by atoms with Crippen molar-refractivity contribution in [3.63, 3.8) is 0 Å². The number of thioether (sulfide) groups is 3. The first kappa shape index (κ1) is 34.6. The molecule has 1 N–H and O–H groups in total. The first-order valence-electron chi connectivity index (χ1n) is 14.2. The van der Waals surface area contributed by atoms with Crippen LogP contribution in [0.1, 0.15) is 38.8 Å². The summed E-state index contributed by atoms with van der Waals surface area (Å²) < 4.78 is 11.7. The van der Waals surface area contributed by atoms with Crippen LogP contribution in [0.3, 0.4) is 0 Å². The average Bonchev–Trinajstić information content (AvgIpc) is 2.99. The van der Waals surface area contributed by atoms with Crippen LogP contribution in [0.2, 0.25) is 0 Å². The Hall–Kier alpha value is -1.88. The summed E-state index contributed by atoms with van der Waals surface area (Å²) in [4.78, 5) is 11.6. The SMILES string of the molecule is COc1ccccc1CCN=C1SCC(C)(C)CN1C(=S)SC.COc1ccccc1CCNC1=NCC(C)(C)CS1. The summed E-state index contributed by atoms with van der Waals surface area (Å²) in [5.41, 5.74) is 3.02. The Balaban J connectivity index is 0.000000235. The zero-order chi connectivity index (χ0) is 30.6. The highest BCUT2D eigenvalue weighted by molar-refractivity contribution is 8.23. The maximum Gasteiger partial charge on any atom is 0.164 e. The maximum absolute atomic E-state index is 5.51. The second-order valence-corrected chi connectivity index (χ2v) is 15.1. The lowest BCUT2D eigenvalue weighted by atomic mass is 9.96. The van der Waals surface area contributed by atoms with Crippen LogP contribution in [-0.2, 0) is 12.8 Å². The van der Waals surface area contributed by atoms with E-state index < -0.39 is 0 Å². The summed E-state index contributed by atoms with van der Waals surface area (Å²) in [6.45, 7) is 12.6. The fourth-order valence-electron chi connectivity index (χ4n) is 4.41. The highest BCUT2D eigenvalue weighted by Crippen LogP contribution is 2.33. The van der Waals surface area contributed by atoms with E-state index in [4.69, 9.17) is 26.7 Å². The average molecular weight is 647 g/mol. The van der Waals surface area contributed by atoms with E-state index in [2.05, 4.69) is 55.0 Å². The first-order chi connectivity index (χ1) is 20.1. The molecule has 0 bridgehead atoms. The molecule has 4 rings (SSSR count). The van der Waals surface area contributed by atoms with Crippen molar-refractivity contribution in [1.82, 2.24) is 10.2 Å². The van der Waals surface area contributed by atoms with E-state index in [1.807, 2.05) is 66.2 Å². The topological polar surface area (TPSA) is 58.5 Å². The first-order valence-corrected chi connectivity index (χ1v) is 17.9. The molecule has 2 aromatic carbocycles. The van der Waals surface area contributed by atoms with E-state index in [1.165, 1.54) is 11.1 Å². The van der Waals surface area contributed by atoms with Crippen molar-refractivity contribution in [2.45, 2.75) is 40.5 Å². The molecule has 2 aromatic rings. The summed E-state index contributed by atoms with van der Waals surface area (Å²) >= 11 is 10.8. The van der Waals surface area contributed by atoms with Gasteiger partial charge in [-0.1, -0.05) is 112 Å². The molecule has 230 valence electrons. The van der Waals surface area contributed by atoms with Crippen molar-refractivity contribution in [3.8, 4) is 11.5 Å². The van der Waals surface area contributed by atoms with E-state index in [1.54, 1.807) is 26.0 Å². The highest BCUT2D eigenvalue weighted by atomic mass is 32.2. The number of hydrogen-bond donors (Lipinski definition) is 1. The normalized spacial score (nSPS) is 18.4. The molecular weight excluding hydrogens is 601 g/mol. The van der Waals surface area contributed by atoms with Crippen molar-refractivity contribution in [2.24, 2.45) is 20.8 Å². The van der Waals surface area contributed by atoms with Crippen LogP contribution in [0.25, 0.3) is 0 Å². The number of rotatable bonds is 8. The lowest BCUT2D eigenvalue weighted by Gasteiger charge is -2.39. The van der Waals surface area contributed by atoms with Gasteiger partial charge in [0.05, 0.1) is 14.2 Å². The van der Waals surface area contributed by atoms with Gasteiger partial charge in [-0.05, 0) is 53.2 Å². The lowest BCUT2D eigenvalue weighted by molar-refractivity contribution is 0.348. The van der Waals surface area contributed by atoms with Crippen molar-refractivity contribution >= 4 is 62.2 Å². The summed E-state index contributed by atoms with van der Waals surface area (Å²) in [5, 5.41) is 5.55. The number of nitrogens with zero attached hydrogens (tertiary/aromatic N) is 3. The Morgan fingerprint density at radius 1 is 0.952 bits per heavy atom. The Labute approximate surface area is 271 Å². The van der Waals surface area contributed by atoms with Crippen molar-refractivity contribution < 1.29 is 9.47 Å². The van der Waals surface area contributed by atoms with Gasteiger partial charge in [-0.3, -0.25) is 9.98 Å². The van der Waals surface area contributed by atoms with Gasteiger partial charge in [0.2, 0.25) is 0 Å². The summed E-state index contributed by atoms with van der Waals surface area (Å²) in [6, 6.07) is 16.3. The summed E-state index contributed by atoms with van der Waals surface area (Å²) in [5.74, 6) is 4.10. The molecule has 0 spiro atoms. The molecule has 1 fully saturated rings. The van der Waals surface area contributed by atoms with E-state index >= 15 is 0 Å². The second kappa shape index (κ2) is 16.8. The van der Waals surface area contributed by atoms with Crippen LogP contribution in [0, 0.1) is 10.8 Å². The molecule has 6 nitrogen and oxygen atoms in total. The molecule has 0 amide bonds. The van der Waals surface area contributed by atoms with Crippen molar-refractivity contribution in [2.75, 3.05) is 58.2 Å². The van der Waals surface area contributed by atoms with Gasteiger partial charge >= 0.3 is 0 Å². The molecule has 0 saturated carbocycles. The minimum atomic E-state index is 0.256. The van der Waals surface area contributed by atoms with Crippen LogP contribution >= 0.6 is 47.5 Å². The minimum Gasteiger partial charge on any atom is -0.496 e. The van der Waals surface area contributed by atoms with Crippen molar-refractivity contribution in [1.29, 1.82) is 0 Å². The van der Waals surface area contributed by atoms with Gasteiger partial charge in [0.15, 0.2) is 10.3 Å². The number of hydrogen-bond acceptors (Lipinski definition) is 9. The zero-order valence-corrected chi connectivity index (χ0v) is 29.3. The summed E-state index contributed by atoms with van der Waals surface area (Å²) in [6.07, 6.45) is 3.85. The Morgan fingerprint density at radius 2 is 1.55 bits per heavy atom. The molecule has 0 radical (unpaired) electrons. The van der Waals surface area contributed by atoms with Gasteiger partial charge in [-0.15, -0.1) is 0 Å². The van der Waals surface area contributed by atoms with E-state index in [0.717, 1.165) is 76.7 Å². The van der Waals surface area contributed by atoms with Crippen LogP contribution in [0.5, 0.6) is 11.5 Å². The second-order valence-electron chi connectivity index (χ2n) is 11.8. The third kappa shape index (κ3) is 11.0. The number of thiocarbonyl (C=S) groups is 1. The number of aliphatic imine (C=N–C) groups is 2. The van der Waals surface area contributed by atoms with Gasteiger partial charge < -0.3 is 19.7 Å². The number of benzene rings is 2. The third-order valence-corrected chi connectivity index (χ3v) is 11.0. The fraction of sp³-hybridized carbons (Fsp3) is 0.531. The molecule has 2 heterocycles. The predicted octanol–water partition coefficient (Wildman–Crippen LogP) is 7.27. The molecule has 10 heteroatoms. The van der Waals surface area contributed by atoms with E-state index in [-0.39, 0.29) is 5.41 Å². The number of para-hydroxylation sites is 2. The molecule has 0 unspecified atom stereocenters.